The van der Waals surface area contributed by atoms with Crippen molar-refractivity contribution in [3.63, 3.8) is 0 Å². The Morgan fingerprint density at radius 1 is 1.42 bits per heavy atom. The second kappa shape index (κ2) is 3.56. The van der Waals surface area contributed by atoms with E-state index in [1.54, 1.807) is 0 Å². The summed E-state index contributed by atoms with van der Waals surface area (Å²) in [6.07, 6.45) is 2.62. The Balaban J connectivity index is 2.52. The van der Waals surface area contributed by atoms with E-state index >= 15 is 0 Å². The van der Waals surface area contributed by atoms with Gasteiger partial charge in [0.05, 0.1) is 5.92 Å². The summed E-state index contributed by atoms with van der Waals surface area (Å²) in [5, 5.41) is 8.74. The van der Waals surface area contributed by atoms with Crippen LogP contribution in [0.4, 0.5) is 0 Å². The van der Waals surface area contributed by atoms with E-state index in [1.807, 2.05) is 0 Å². The molecular weight excluding hydrogens is 158 g/mol. The Hall–Kier alpha value is -1.06. The Bertz CT molecular complexity index is 202. The monoisotopic (exact) mass is 171 g/mol. The molecule has 0 saturated heterocycles. The minimum absolute atomic E-state index is 0.0278. The van der Waals surface area contributed by atoms with Crippen LogP contribution in [0.15, 0.2) is 0 Å². The van der Waals surface area contributed by atoms with E-state index in [1.165, 1.54) is 0 Å². The summed E-state index contributed by atoms with van der Waals surface area (Å²) in [5.41, 5.74) is 5.00. The normalized spacial score (nSPS) is 28.7. The molecule has 0 heterocycles. The summed E-state index contributed by atoms with van der Waals surface area (Å²) >= 11 is 0. The van der Waals surface area contributed by atoms with Crippen molar-refractivity contribution < 1.29 is 14.7 Å². The average Bonchev–Trinajstić information content (AvgIpc) is 2.33. The highest BCUT2D eigenvalue weighted by Gasteiger charge is 2.33. The van der Waals surface area contributed by atoms with E-state index in [0.29, 0.717) is 6.42 Å². The first-order valence-electron chi connectivity index (χ1n) is 4.12. The van der Waals surface area contributed by atoms with Gasteiger partial charge < -0.3 is 10.8 Å². The minimum atomic E-state index is -0.793. The Kier molecular flexibility index (Phi) is 2.68. The van der Waals surface area contributed by atoms with Crippen molar-refractivity contribution in [3.8, 4) is 0 Å². The summed E-state index contributed by atoms with van der Waals surface area (Å²) < 4.78 is 0. The van der Waals surface area contributed by atoms with Gasteiger partial charge in [-0.1, -0.05) is 6.42 Å². The lowest BCUT2D eigenvalue weighted by atomic mass is 9.93. The minimum Gasteiger partial charge on any atom is -0.481 e. The first-order chi connectivity index (χ1) is 5.61. The maximum atomic E-state index is 10.6. The molecule has 1 aliphatic carbocycles. The first-order valence-corrected chi connectivity index (χ1v) is 4.12. The maximum absolute atomic E-state index is 10.6. The third kappa shape index (κ3) is 1.96. The fraction of sp³-hybridized carbons (Fsp3) is 0.750. The van der Waals surface area contributed by atoms with Gasteiger partial charge in [-0.25, -0.2) is 0 Å². The third-order valence-corrected chi connectivity index (χ3v) is 2.44. The molecule has 0 aromatic rings. The molecule has 2 atom stereocenters. The molecular formula is C8H13NO3. The van der Waals surface area contributed by atoms with Crippen molar-refractivity contribution in [2.24, 2.45) is 17.6 Å². The predicted molar refractivity (Wildman–Crippen MR) is 42.3 cm³/mol. The highest BCUT2D eigenvalue weighted by Crippen LogP contribution is 2.33. The lowest BCUT2D eigenvalue weighted by Gasteiger charge is -2.12. The van der Waals surface area contributed by atoms with Gasteiger partial charge in [-0.2, -0.15) is 0 Å². The van der Waals surface area contributed by atoms with Crippen LogP contribution in [0.2, 0.25) is 0 Å². The number of hydrogen-bond acceptors (Lipinski definition) is 2. The molecule has 1 rings (SSSR count). The van der Waals surface area contributed by atoms with Gasteiger partial charge in [0.25, 0.3) is 0 Å². The van der Waals surface area contributed by atoms with E-state index < -0.39 is 11.9 Å². The third-order valence-electron chi connectivity index (χ3n) is 2.44. The van der Waals surface area contributed by atoms with Crippen LogP contribution >= 0.6 is 0 Å². The van der Waals surface area contributed by atoms with E-state index in [4.69, 9.17) is 10.8 Å². The number of carboxylic acid groups (broad SMARTS) is 1. The van der Waals surface area contributed by atoms with Crippen LogP contribution in [0.5, 0.6) is 0 Å². The predicted octanol–water partition coefficient (Wildman–Crippen LogP) is 0.363. The zero-order valence-electron chi connectivity index (χ0n) is 6.82. The second-order valence-corrected chi connectivity index (χ2v) is 3.31. The van der Waals surface area contributed by atoms with Crippen molar-refractivity contribution in [3.05, 3.63) is 0 Å². The Morgan fingerprint density at radius 2 is 2.08 bits per heavy atom. The van der Waals surface area contributed by atoms with Gasteiger partial charge >= 0.3 is 5.97 Å². The average molecular weight is 171 g/mol. The summed E-state index contributed by atoms with van der Waals surface area (Å²) in [5.74, 6) is -1.57. The molecule has 0 spiro atoms. The number of rotatable bonds is 3. The van der Waals surface area contributed by atoms with Crippen LogP contribution in [0, 0.1) is 11.8 Å². The molecule has 0 radical (unpaired) electrons. The van der Waals surface area contributed by atoms with Gasteiger partial charge in [0.1, 0.15) is 0 Å². The molecule has 1 saturated carbocycles. The molecule has 1 aliphatic rings. The molecule has 3 N–H and O–H groups in total. The molecule has 0 bridgehead atoms. The number of hydrogen-bond donors (Lipinski definition) is 2. The molecule has 0 aromatic heterocycles. The van der Waals surface area contributed by atoms with Crippen molar-refractivity contribution >= 4 is 11.9 Å². The van der Waals surface area contributed by atoms with Gasteiger partial charge in [-0.15, -0.1) is 0 Å². The van der Waals surface area contributed by atoms with Crippen molar-refractivity contribution in [2.45, 2.75) is 25.7 Å². The molecule has 0 aliphatic heterocycles. The number of aliphatic carboxylic acids is 1. The highest BCUT2D eigenvalue weighted by atomic mass is 16.4. The summed E-state index contributed by atoms with van der Waals surface area (Å²) in [6, 6.07) is 0. The van der Waals surface area contributed by atoms with Crippen molar-refractivity contribution in [1.29, 1.82) is 0 Å². The van der Waals surface area contributed by atoms with Crippen LogP contribution in [0.1, 0.15) is 25.7 Å². The summed E-state index contributed by atoms with van der Waals surface area (Å²) in [6.45, 7) is 0. The van der Waals surface area contributed by atoms with E-state index in [0.717, 1.165) is 12.8 Å². The molecule has 1 amide bonds. The fourth-order valence-electron chi connectivity index (χ4n) is 1.86. The number of amides is 1. The van der Waals surface area contributed by atoms with Crippen LogP contribution < -0.4 is 5.73 Å². The Morgan fingerprint density at radius 3 is 2.58 bits per heavy atom. The number of carbonyl (C=O) groups excluding carboxylic acids is 1. The summed E-state index contributed by atoms with van der Waals surface area (Å²) in [4.78, 5) is 21.2. The van der Waals surface area contributed by atoms with Gasteiger partial charge in [-0.3, -0.25) is 9.59 Å². The van der Waals surface area contributed by atoms with Crippen molar-refractivity contribution in [1.82, 2.24) is 0 Å². The molecule has 12 heavy (non-hydrogen) atoms. The molecule has 4 heteroatoms. The quantitative estimate of drug-likeness (QED) is 0.643. The van der Waals surface area contributed by atoms with Crippen LogP contribution in [-0.2, 0) is 9.59 Å². The first kappa shape index (κ1) is 9.03. The van der Waals surface area contributed by atoms with Crippen LogP contribution in [0.3, 0.4) is 0 Å². The van der Waals surface area contributed by atoms with Gasteiger partial charge in [0, 0.05) is 6.42 Å². The number of nitrogens with two attached hydrogens (primary N) is 1. The van der Waals surface area contributed by atoms with Gasteiger partial charge in [-0.05, 0) is 18.8 Å². The topological polar surface area (TPSA) is 80.4 Å². The van der Waals surface area contributed by atoms with Gasteiger partial charge in [0.2, 0.25) is 5.91 Å². The SMILES string of the molecule is NC(=O)C[C@@H]1CCC[C@H]1C(=O)O. The molecule has 4 nitrogen and oxygen atoms in total. The maximum Gasteiger partial charge on any atom is 0.306 e. The van der Waals surface area contributed by atoms with Crippen LogP contribution in [0.25, 0.3) is 0 Å². The smallest absolute Gasteiger partial charge is 0.306 e. The zero-order valence-corrected chi connectivity index (χ0v) is 6.82. The van der Waals surface area contributed by atoms with E-state index in [2.05, 4.69) is 0 Å². The molecule has 68 valence electrons. The van der Waals surface area contributed by atoms with E-state index in [9.17, 15) is 9.59 Å². The zero-order chi connectivity index (χ0) is 9.14. The number of carbonyl (C=O) groups is 2. The molecule has 1 fully saturated rings. The lowest BCUT2D eigenvalue weighted by Crippen LogP contribution is -2.23. The standard InChI is InChI=1S/C8H13NO3/c9-7(10)4-5-2-1-3-6(5)8(11)12/h5-6H,1-4H2,(H2,9,10)(H,11,12)/t5-,6+/m0/s1. The Labute approximate surface area is 70.7 Å². The highest BCUT2D eigenvalue weighted by molar-refractivity contribution is 5.76. The largest absolute Gasteiger partial charge is 0.481 e. The molecule has 0 aromatic carbocycles. The van der Waals surface area contributed by atoms with Gasteiger partial charge in [0.15, 0.2) is 0 Å². The lowest BCUT2D eigenvalue weighted by molar-refractivity contribution is -0.143. The molecule has 0 unspecified atom stereocenters. The number of carboxylic acids is 1. The van der Waals surface area contributed by atoms with E-state index in [-0.39, 0.29) is 18.3 Å². The van der Waals surface area contributed by atoms with Crippen molar-refractivity contribution in [2.75, 3.05) is 0 Å². The second-order valence-electron chi connectivity index (χ2n) is 3.31. The summed E-state index contributed by atoms with van der Waals surface area (Å²) in [7, 11) is 0. The number of primary amides is 1. The van der Waals surface area contributed by atoms with Crippen LogP contribution in [-0.4, -0.2) is 17.0 Å². The fourth-order valence-corrected chi connectivity index (χ4v) is 1.86.